The number of rotatable bonds is 1. The Hall–Kier alpha value is -1.77. The summed E-state index contributed by atoms with van der Waals surface area (Å²) in [5.41, 5.74) is 3.80. The van der Waals surface area contributed by atoms with E-state index >= 15 is 0 Å². The molecule has 0 spiro atoms. The van der Waals surface area contributed by atoms with Gasteiger partial charge in [0, 0.05) is 29.9 Å². The highest BCUT2D eigenvalue weighted by molar-refractivity contribution is 5.85. The topological polar surface area (TPSA) is 42.1 Å². The Labute approximate surface area is 99.8 Å². The molecular formula is C14H15NO2. The minimum Gasteiger partial charge on any atom is -0.462 e. The number of para-hydroxylation sites is 1. The highest BCUT2D eigenvalue weighted by Gasteiger charge is 2.23. The van der Waals surface area contributed by atoms with Gasteiger partial charge in [-0.2, -0.15) is 0 Å². The van der Waals surface area contributed by atoms with Crippen LogP contribution >= 0.6 is 0 Å². The van der Waals surface area contributed by atoms with E-state index in [-0.39, 0.29) is 12.1 Å². The first-order chi connectivity index (χ1) is 8.24. The highest BCUT2D eigenvalue weighted by atomic mass is 16.5. The van der Waals surface area contributed by atoms with Crippen LogP contribution in [-0.4, -0.2) is 17.1 Å². The molecule has 17 heavy (non-hydrogen) atoms. The molecule has 0 bridgehead atoms. The average molecular weight is 229 g/mol. The Kier molecular flexibility index (Phi) is 2.39. The van der Waals surface area contributed by atoms with Crippen molar-refractivity contribution in [2.24, 2.45) is 0 Å². The molecule has 88 valence electrons. The third-order valence-corrected chi connectivity index (χ3v) is 3.38. The Morgan fingerprint density at radius 3 is 3.06 bits per heavy atom. The van der Waals surface area contributed by atoms with Crippen LogP contribution in [0.15, 0.2) is 24.3 Å². The molecule has 1 heterocycles. The Bertz CT molecular complexity index is 571. The fourth-order valence-corrected chi connectivity index (χ4v) is 2.67. The molecule has 1 atom stereocenters. The van der Waals surface area contributed by atoms with E-state index in [1.807, 2.05) is 12.1 Å². The fraction of sp³-hybridized carbons (Fsp3) is 0.357. The summed E-state index contributed by atoms with van der Waals surface area (Å²) in [6.07, 6.45) is 2.75. The molecule has 1 aliphatic rings. The van der Waals surface area contributed by atoms with Crippen molar-refractivity contribution in [1.82, 2.24) is 4.98 Å². The summed E-state index contributed by atoms with van der Waals surface area (Å²) in [4.78, 5) is 14.4. The van der Waals surface area contributed by atoms with E-state index in [4.69, 9.17) is 4.74 Å². The number of aromatic nitrogens is 1. The maximum absolute atomic E-state index is 11.0. The summed E-state index contributed by atoms with van der Waals surface area (Å²) in [5.74, 6) is -0.182. The molecule has 0 amide bonds. The molecule has 1 aliphatic carbocycles. The predicted octanol–water partition coefficient (Wildman–Crippen LogP) is 2.59. The lowest BCUT2D eigenvalue weighted by Crippen LogP contribution is -2.24. The van der Waals surface area contributed by atoms with Gasteiger partial charge in [-0.15, -0.1) is 0 Å². The van der Waals surface area contributed by atoms with E-state index < -0.39 is 0 Å². The van der Waals surface area contributed by atoms with Gasteiger partial charge in [-0.1, -0.05) is 18.2 Å². The lowest BCUT2D eigenvalue weighted by atomic mass is 9.93. The summed E-state index contributed by atoms with van der Waals surface area (Å²) in [6, 6.07) is 8.30. The van der Waals surface area contributed by atoms with E-state index in [0.717, 1.165) is 19.3 Å². The second-order valence-electron chi connectivity index (χ2n) is 4.60. The van der Waals surface area contributed by atoms with Gasteiger partial charge in [-0.3, -0.25) is 4.79 Å². The van der Waals surface area contributed by atoms with E-state index in [2.05, 4.69) is 17.1 Å². The molecule has 0 fully saturated rings. The second kappa shape index (κ2) is 3.91. The number of carbonyl (C=O) groups excluding carboxylic acids is 1. The molecule has 1 aromatic carbocycles. The zero-order valence-corrected chi connectivity index (χ0v) is 9.82. The number of ether oxygens (including phenoxy) is 1. The lowest BCUT2D eigenvalue weighted by Gasteiger charge is -2.22. The number of esters is 1. The minimum absolute atomic E-state index is 0.0409. The molecule has 1 N–H and O–H groups in total. The van der Waals surface area contributed by atoms with E-state index in [0.29, 0.717) is 0 Å². The fourth-order valence-electron chi connectivity index (χ4n) is 2.67. The maximum atomic E-state index is 11.0. The lowest BCUT2D eigenvalue weighted by molar-refractivity contribution is -0.146. The molecule has 0 unspecified atom stereocenters. The van der Waals surface area contributed by atoms with Crippen LogP contribution in [0.5, 0.6) is 0 Å². The minimum atomic E-state index is -0.182. The van der Waals surface area contributed by atoms with E-state index in [1.54, 1.807) is 0 Å². The number of H-pyrrole nitrogens is 1. The predicted molar refractivity (Wildman–Crippen MR) is 65.9 cm³/mol. The second-order valence-corrected chi connectivity index (χ2v) is 4.60. The van der Waals surface area contributed by atoms with Crippen molar-refractivity contribution in [2.45, 2.75) is 32.3 Å². The number of nitrogens with one attached hydrogen (secondary N) is 1. The van der Waals surface area contributed by atoms with Gasteiger partial charge in [0.15, 0.2) is 0 Å². The average Bonchev–Trinajstić information content (AvgIpc) is 2.66. The number of carbonyl (C=O) groups is 1. The number of fused-ring (bicyclic) bond motifs is 3. The van der Waals surface area contributed by atoms with Crippen LogP contribution in [0.3, 0.4) is 0 Å². The Balaban J connectivity index is 1.97. The Morgan fingerprint density at radius 1 is 1.41 bits per heavy atom. The summed E-state index contributed by atoms with van der Waals surface area (Å²) < 4.78 is 5.31. The van der Waals surface area contributed by atoms with Gasteiger partial charge >= 0.3 is 5.97 Å². The molecule has 3 rings (SSSR count). The summed E-state index contributed by atoms with van der Waals surface area (Å²) >= 11 is 0. The molecule has 2 aromatic rings. The SMILES string of the molecule is CC(=O)O[C@@H]1CCc2[nH]c3ccccc3c2C1. The van der Waals surface area contributed by atoms with Crippen molar-refractivity contribution in [3.63, 3.8) is 0 Å². The van der Waals surface area contributed by atoms with Crippen molar-refractivity contribution in [2.75, 3.05) is 0 Å². The molecule has 1 aromatic heterocycles. The van der Waals surface area contributed by atoms with Crippen LogP contribution < -0.4 is 0 Å². The van der Waals surface area contributed by atoms with Gasteiger partial charge in [0.25, 0.3) is 0 Å². The summed E-state index contributed by atoms with van der Waals surface area (Å²) in [7, 11) is 0. The monoisotopic (exact) mass is 229 g/mol. The maximum Gasteiger partial charge on any atom is 0.302 e. The summed E-state index contributed by atoms with van der Waals surface area (Å²) in [5, 5.41) is 1.26. The molecule has 0 radical (unpaired) electrons. The van der Waals surface area contributed by atoms with Gasteiger partial charge < -0.3 is 9.72 Å². The van der Waals surface area contributed by atoms with E-state index in [9.17, 15) is 4.79 Å². The van der Waals surface area contributed by atoms with Gasteiger partial charge in [-0.25, -0.2) is 0 Å². The number of aryl methyl sites for hydroxylation is 1. The van der Waals surface area contributed by atoms with E-state index in [1.165, 1.54) is 29.1 Å². The van der Waals surface area contributed by atoms with Crippen LogP contribution in [0.25, 0.3) is 10.9 Å². The van der Waals surface area contributed by atoms with Gasteiger partial charge in [0.05, 0.1) is 0 Å². The molecule has 3 nitrogen and oxygen atoms in total. The number of hydrogen-bond donors (Lipinski definition) is 1. The molecular weight excluding hydrogens is 214 g/mol. The number of hydrogen-bond acceptors (Lipinski definition) is 2. The standard InChI is InChI=1S/C14H15NO2/c1-9(16)17-10-6-7-14-12(8-10)11-4-2-3-5-13(11)15-14/h2-5,10,15H,6-8H2,1H3/t10-/m1/s1. The third-order valence-electron chi connectivity index (χ3n) is 3.38. The van der Waals surface area contributed by atoms with Crippen molar-refractivity contribution in [1.29, 1.82) is 0 Å². The van der Waals surface area contributed by atoms with Crippen molar-refractivity contribution < 1.29 is 9.53 Å². The first kappa shape index (κ1) is 10.4. The first-order valence-electron chi connectivity index (χ1n) is 5.99. The van der Waals surface area contributed by atoms with Gasteiger partial charge in [0.1, 0.15) is 6.10 Å². The Morgan fingerprint density at radius 2 is 2.24 bits per heavy atom. The highest BCUT2D eigenvalue weighted by Crippen LogP contribution is 2.30. The quantitative estimate of drug-likeness (QED) is 0.764. The smallest absolute Gasteiger partial charge is 0.302 e. The van der Waals surface area contributed by atoms with Crippen molar-refractivity contribution in [3.8, 4) is 0 Å². The van der Waals surface area contributed by atoms with Crippen LogP contribution in [0.1, 0.15) is 24.6 Å². The summed E-state index contributed by atoms with van der Waals surface area (Å²) in [6.45, 7) is 1.48. The zero-order chi connectivity index (χ0) is 11.8. The zero-order valence-electron chi connectivity index (χ0n) is 9.82. The van der Waals surface area contributed by atoms with Crippen molar-refractivity contribution in [3.05, 3.63) is 35.5 Å². The third kappa shape index (κ3) is 1.82. The van der Waals surface area contributed by atoms with Crippen LogP contribution in [0.2, 0.25) is 0 Å². The molecule has 0 saturated heterocycles. The molecule has 0 saturated carbocycles. The molecule has 3 heteroatoms. The van der Waals surface area contributed by atoms with Gasteiger partial charge in [-0.05, 0) is 24.5 Å². The largest absolute Gasteiger partial charge is 0.462 e. The van der Waals surface area contributed by atoms with Crippen molar-refractivity contribution >= 4 is 16.9 Å². The molecule has 0 aliphatic heterocycles. The van der Waals surface area contributed by atoms with Crippen LogP contribution in [0, 0.1) is 0 Å². The number of aromatic amines is 1. The normalized spacial score (nSPS) is 19.0. The first-order valence-corrected chi connectivity index (χ1v) is 5.99. The van der Waals surface area contributed by atoms with Crippen LogP contribution in [-0.2, 0) is 22.4 Å². The van der Waals surface area contributed by atoms with Crippen LogP contribution in [0.4, 0.5) is 0 Å². The van der Waals surface area contributed by atoms with Gasteiger partial charge in [0.2, 0.25) is 0 Å². The number of benzene rings is 1.